The fourth-order valence-corrected chi connectivity index (χ4v) is 1.86. The molecule has 0 radical (unpaired) electrons. The van der Waals surface area contributed by atoms with Crippen molar-refractivity contribution in [3.05, 3.63) is 59.7 Å². The van der Waals surface area contributed by atoms with Gasteiger partial charge in [0.2, 0.25) is 0 Å². The second kappa shape index (κ2) is 6.38. The zero-order valence-corrected chi connectivity index (χ0v) is 11.6. The Labute approximate surface area is 124 Å². The SMILES string of the molecule is COc1ccccc1C(=O)NNc1ccccc1C(F)(F)F. The molecule has 0 aromatic heterocycles. The van der Waals surface area contributed by atoms with Crippen LogP contribution in [0.4, 0.5) is 18.9 Å². The average Bonchev–Trinajstić information content (AvgIpc) is 2.52. The summed E-state index contributed by atoms with van der Waals surface area (Å²) in [5.74, 6) is -0.277. The first-order valence-electron chi connectivity index (χ1n) is 6.29. The molecule has 0 fully saturated rings. The molecule has 116 valence electrons. The van der Waals surface area contributed by atoms with Crippen molar-refractivity contribution in [2.45, 2.75) is 6.18 Å². The van der Waals surface area contributed by atoms with Gasteiger partial charge in [0.15, 0.2) is 0 Å². The monoisotopic (exact) mass is 310 g/mol. The van der Waals surface area contributed by atoms with E-state index in [1.165, 1.54) is 31.4 Å². The van der Waals surface area contributed by atoms with Gasteiger partial charge in [-0.05, 0) is 24.3 Å². The van der Waals surface area contributed by atoms with E-state index in [1.807, 2.05) is 0 Å². The molecule has 0 aliphatic rings. The maximum atomic E-state index is 12.8. The van der Waals surface area contributed by atoms with Gasteiger partial charge in [0.1, 0.15) is 5.75 Å². The number of benzene rings is 2. The highest BCUT2D eigenvalue weighted by molar-refractivity contribution is 5.97. The van der Waals surface area contributed by atoms with Crippen molar-refractivity contribution >= 4 is 11.6 Å². The molecule has 0 unspecified atom stereocenters. The van der Waals surface area contributed by atoms with E-state index < -0.39 is 17.6 Å². The van der Waals surface area contributed by atoms with E-state index in [2.05, 4.69) is 10.9 Å². The normalized spacial score (nSPS) is 10.9. The molecule has 0 atom stereocenters. The van der Waals surface area contributed by atoms with Crippen LogP contribution in [-0.4, -0.2) is 13.0 Å². The van der Waals surface area contributed by atoms with Gasteiger partial charge in [0, 0.05) is 0 Å². The zero-order valence-electron chi connectivity index (χ0n) is 11.6. The van der Waals surface area contributed by atoms with Gasteiger partial charge in [-0.3, -0.25) is 15.6 Å². The first-order valence-corrected chi connectivity index (χ1v) is 6.29. The van der Waals surface area contributed by atoms with Crippen molar-refractivity contribution in [2.75, 3.05) is 12.5 Å². The number of methoxy groups -OCH3 is 1. The first-order chi connectivity index (χ1) is 10.4. The van der Waals surface area contributed by atoms with Gasteiger partial charge in [-0.25, -0.2) is 0 Å². The molecule has 7 heteroatoms. The van der Waals surface area contributed by atoms with Gasteiger partial charge in [0.25, 0.3) is 5.91 Å². The minimum atomic E-state index is -4.52. The lowest BCUT2D eigenvalue weighted by Crippen LogP contribution is -2.30. The molecule has 4 nitrogen and oxygen atoms in total. The van der Waals surface area contributed by atoms with Crippen molar-refractivity contribution < 1.29 is 22.7 Å². The van der Waals surface area contributed by atoms with Crippen LogP contribution in [0.25, 0.3) is 0 Å². The molecular weight excluding hydrogens is 297 g/mol. The van der Waals surface area contributed by atoms with Crippen LogP contribution >= 0.6 is 0 Å². The van der Waals surface area contributed by atoms with Gasteiger partial charge in [-0.1, -0.05) is 24.3 Å². The summed E-state index contributed by atoms with van der Waals surface area (Å²) in [5.41, 5.74) is 3.63. The summed E-state index contributed by atoms with van der Waals surface area (Å²) in [7, 11) is 1.40. The van der Waals surface area contributed by atoms with Crippen LogP contribution < -0.4 is 15.6 Å². The summed E-state index contributed by atoms with van der Waals surface area (Å²) in [4.78, 5) is 12.0. The van der Waals surface area contributed by atoms with Crippen molar-refractivity contribution in [2.24, 2.45) is 0 Å². The molecule has 0 bridgehead atoms. The minimum absolute atomic E-state index is 0.210. The van der Waals surface area contributed by atoms with Crippen molar-refractivity contribution in [1.82, 2.24) is 5.43 Å². The third kappa shape index (κ3) is 3.49. The number of para-hydroxylation sites is 2. The second-order valence-corrected chi connectivity index (χ2v) is 4.32. The van der Waals surface area contributed by atoms with Crippen LogP contribution in [0, 0.1) is 0 Å². The maximum absolute atomic E-state index is 12.8. The number of ether oxygens (including phenoxy) is 1. The highest BCUT2D eigenvalue weighted by Gasteiger charge is 2.33. The maximum Gasteiger partial charge on any atom is 0.418 e. The molecule has 1 amide bonds. The predicted octanol–water partition coefficient (Wildman–Crippen LogP) is 3.47. The average molecular weight is 310 g/mol. The summed E-state index contributed by atoms with van der Waals surface area (Å²) in [6.07, 6.45) is -4.52. The summed E-state index contributed by atoms with van der Waals surface area (Å²) >= 11 is 0. The van der Waals surface area contributed by atoms with Crippen molar-refractivity contribution in [3.8, 4) is 5.75 Å². The number of rotatable bonds is 4. The number of carbonyl (C=O) groups is 1. The molecule has 0 saturated heterocycles. The fraction of sp³-hybridized carbons (Fsp3) is 0.133. The number of alkyl halides is 3. The van der Waals surface area contributed by atoms with Crippen LogP contribution in [0.1, 0.15) is 15.9 Å². The molecule has 0 aliphatic carbocycles. The Hall–Kier alpha value is -2.70. The van der Waals surface area contributed by atoms with E-state index in [0.29, 0.717) is 5.75 Å². The zero-order chi connectivity index (χ0) is 16.2. The molecule has 0 aliphatic heterocycles. The number of carbonyl (C=O) groups excluding carboxylic acids is 1. The van der Waals surface area contributed by atoms with E-state index in [1.54, 1.807) is 18.2 Å². The van der Waals surface area contributed by atoms with Crippen LogP contribution in [0.2, 0.25) is 0 Å². The Morgan fingerprint density at radius 2 is 1.68 bits per heavy atom. The summed E-state index contributed by atoms with van der Waals surface area (Å²) in [6.45, 7) is 0. The van der Waals surface area contributed by atoms with E-state index in [0.717, 1.165) is 6.07 Å². The highest BCUT2D eigenvalue weighted by atomic mass is 19.4. The van der Waals surface area contributed by atoms with Crippen molar-refractivity contribution in [3.63, 3.8) is 0 Å². The predicted molar refractivity (Wildman–Crippen MR) is 75.5 cm³/mol. The van der Waals surface area contributed by atoms with Crippen LogP contribution in [0.5, 0.6) is 5.75 Å². The Bertz CT molecular complexity index is 672. The molecule has 2 N–H and O–H groups in total. The lowest BCUT2D eigenvalue weighted by molar-refractivity contribution is -0.137. The van der Waals surface area contributed by atoms with Gasteiger partial charge >= 0.3 is 6.18 Å². The topological polar surface area (TPSA) is 50.4 Å². The Morgan fingerprint density at radius 1 is 1.05 bits per heavy atom. The number of amides is 1. The fourth-order valence-electron chi connectivity index (χ4n) is 1.86. The van der Waals surface area contributed by atoms with Gasteiger partial charge in [0.05, 0.1) is 23.9 Å². The molecule has 22 heavy (non-hydrogen) atoms. The second-order valence-electron chi connectivity index (χ2n) is 4.32. The smallest absolute Gasteiger partial charge is 0.418 e. The Morgan fingerprint density at radius 3 is 2.36 bits per heavy atom. The van der Waals surface area contributed by atoms with Crippen LogP contribution in [0.3, 0.4) is 0 Å². The molecule has 0 saturated carbocycles. The van der Waals surface area contributed by atoms with Gasteiger partial charge in [-0.15, -0.1) is 0 Å². The summed E-state index contributed by atoms with van der Waals surface area (Å²) in [6, 6.07) is 11.3. The Kier molecular flexibility index (Phi) is 4.55. The first kappa shape index (κ1) is 15.7. The van der Waals surface area contributed by atoms with Crippen LogP contribution in [0.15, 0.2) is 48.5 Å². The van der Waals surface area contributed by atoms with Crippen LogP contribution in [-0.2, 0) is 6.18 Å². The van der Waals surface area contributed by atoms with E-state index in [4.69, 9.17) is 4.74 Å². The number of anilines is 1. The highest BCUT2D eigenvalue weighted by Crippen LogP contribution is 2.34. The molecular formula is C15H13F3N2O2. The van der Waals surface area contributed by atoms with Crippen molar-refractivity contribution in [1.29, 1.82) is 0 Å². The number of hydrogen-bond donors (Lipinski definition) is 2. The molecule has 2 aromatic rings. The van der Waals surface area contributed by atoms with Gasteiger partial charge in [-0.2, -0.15) is 13.2 Å². The Balaban J connectivity index is 2.16. The third-order valence-electron chi connectivity index (χ3n) is 2.89. The summed E-state index contributed by atoms with van der Waals surface area (Å²) < 4.78 is 43.6. The summed E-state index contributed by atoms with van der Waals surface area (Å²) in [5, 5.41) is 0. The standard InChI is InChI=1S/C15H13F3N2O2/c1-22-13-9-5-2-6-10(13)14(21)20-19-12-8-4-3-7-11(12)15(16,17)18/h2-9,19H,1H3,(H,20,21). The van der Waals surface area contributed by atoms with Gasteiger partial charge < -0.3 is 4.74 Å². The lowest BCUT2D eigenvalue weighted by Gasteiger charge is -2.15. The lowest BCUT2D eigenvalue weighted by atomic mass is 10.1. The number of hydrogen-bond acceptors (Lipinski definition) is 3. The largest absolute Gasteiger partial charge is 0.496 e. The van der Waals surface area contributed by atoms with E-state index >= 15 is 0 Å². The van der Waals surface area contributed by atoms with E-state index in [-0.39, 0.29) is 11.3 Å². The number of nitrogens with one attached hydrogen (secondary N) is 2. The molecule has 2 rings (SSSR count). The molecule has 2 aromatic carbocycles. The minimum Gasteiger partial charge on any atom is -0.496 e. The third-order valence-corrected chi connectivity index (χ3v) is 2.89. The quantitative estimate of drug-likeness (QED) is 0.850. The molecule has 0 heterocycles. The van der Waals surface area contributed by atoms with E-state index in [9.17, 15) is 18.0 Å². The number of halogens is 3. The number of hydrazine groups is 1. The molecule has 0 spiro atoms.